The molecule has 0 fully saturated rings. The number of carboxylic acids is 1. The third kappa shape index (κ3) is 4.97. The summed E-state index contributed by atoms with van der Waals surface area (Å²) >= 11 is 0. The van der Waals surface area contributed by atoms with Crippen LogP contribution in [0.15, 0.2) is 24.3 Å². The van der Waals surface area contributed by atoms with Gasteiger partial charge in [-0.2, -0.15) is 0 Å². The van der Waals surface area contributed by atoms with Crippen molar-refractivity contribution in [3.63, 3.8) is 0 Å². The maximum absolute atomic E-state index is 11.5. The Bertz CT molecular complexity index is 446. The van der Waals surface area contributed by atoms with Crippen LogP contribution in [0.1, 0.15) is 18.5 Å². The van der Waals surface area contributed by atoms with Gasteiger partial charge < -0.3 is 19.9 Å². The van der Waals surface area contributed by atoms with E-state index in [4.69, 9.17) is 14.6 Å². The molecular weight excluding hydrogens is 250 g/mol. The van der Waals surface area contributed by atoms with Crippen molar-refractivity contribution >= 4 is 11.9 Å². The van der Waals surface area contributed by atoms with Gasteiger partial charge in [0.25, 0.3) is 0 Å². The van der Waals surface area contributed by atoms with Crippen LogP contribution in [0.5, 0.6) is 5.75 Å². The SMILES string of the molecule is COc1ccccc1[C@@H](C)NC(=O)COCC(=O)O. The average molecular weight is 267 g/mol. The number of para-hydroxylation sites is 1. The molecule has 6 heteroatoms. The zero-order chi connectivity index (χ0) is 14.3. The molecule has 1 amide bonds. The summed E-state index contributed by atoms with van der Waals surface area (Å²) in [6, 6.07) is 7.09. The van der Waals surface area contributed by atoms with Gasteiger partial charge in [-0.25, -0.2) is 4.79 Å². The molecule has 104 valence electrons. The van der Waals surface area contributed by atoms with Crippen LogP contribution in [-0.4, -0.2) is 37.3 Å². The quantitative estimate of drug-likeness (QED) is 0.769. The molecule has 0 aliphatic rings. The zero-order valence-electron chi connectivity index (χ0n) is 10.9. The molecule has 1 aromatic carbocycles. The van der Waals surface area contributed by atoms with Crippen LogP contribution in [0.3, 0.4) is 0 Å². The van der Waals surface area contributed by atoms with Crippen molar-refractivity contribution < 1.29 is 24.2 Å². The van der Waals surface area contributed by atoms with Crippen molar-refractivity contribution in [3.8, 4) is 5.75 Å². The molecule has 1 rings (SSSR count). The lowest BCUT2D eigenvalue weighted by molar-refractivity contribution is -0.143. The lowest BCUT2D eigenvalue weighted by Gasteiger charge is -2.17. The number of carbonyl (C=O) groups excluding carboxylic acids is 1. The first-order valence-corrected chi connectivity index (χ1v) is 5.76. The minimum absolute atomic E-state index is 0.253. The molecule has 0 aromatic heterocycles. The summed E-state index contributed by atoms with van der Waals surface area (Å²) < 4.78 is 9.91. The highest BCUT2D eigenvalue weighted by molar-refractivity contribution is 5.78. The minimum atomic E-state index is -1.11. The molecule has 0 aliphatic carbocycles. The van der Waals surface area contributed by atoms with E-state index in [0.717, 1.165) is 5.56 Å². The van der Waals surface area contributed by atoms with Crippen molar-refractivity contribution in [3.05, 3.63) is 29.8 Å². The van der Waals surface area contributed by atoms with Gasteiger partial charge >= 0.3 is 5.97 Å². The number of carboxylic acid groups (broad SMARTS) is 1. The molecular formula is C13H17NO5. The second-order valence-electron chi connectivity index (χ2n) is 3.92. The monoisotopic (exact) mass is 267 g/mol. The van der Waals surface area contributed by atoms with Crippen LogP contribution in [0.2, 0.25) is 0 Å². The fourth-order valence-electron chi connectivity index (χ4n) is 1.62. The fraction of sp³-hybridized carbons (Fsp3) is 0.385. The Hall–Kier alpha value is -2.08. The maximum atomic E-state index is 11.5. The Morgan fingerprint density at radius 1 is 1.32 bits per heavy atom. The predicted octanol–water partition coefficient (Wildman–Crippen LogP) is 0.974. The Morgan fingerprint density at radius 3 is 2.63 bits per heavy atom. The third-order valence-electron chi connectivity index (χ3n) is 2.44. The van der Waals surface area contributed by atoms with Crippen LogP contribution < -0.4 is 10.1 Å². The highest BCUT2D eigenvalue weighted by atomic mass is 16.5. The molecule has 0 saturated heterocycles. The summed E-state index contributed by atoms with van der Waals surface area (Å²) in [6.07, 6.45) is 0. The summed E-state index contributed by atoms with van der Waals surface area (Å²) in [5, 5.41) is 11.1. The highest BCUT2D eigenvalue weighted by Gasteiger charge is 2.13. The summed E-state index contributed by atoms with van der Waals surface area (Å²) in [7, 11) is 1.56. The fourth-order valence-corrected chi connectivity index (χ4v) is 1.62. The Balaban J connectivity index is 2.52. The largest absolute Gasteiger partial charge is 0.496 e. The predicted molar refractivity (Wildman–Crippen MR) is 68.0 cm³/mol. The molecule has 6 nitrogen and oxygen atoms in total. The van der Waals surface area contributed by atoms with E-state index in [1.807, 2.05) is 25.1 Å². The molecule has 0 saturated carbocycles. The first-order chi connectivity index (χ1) is 9.04. The number of amides is 1. The zero-order valence-corrected chi connectivity index (χ0v) is 10.9. The Kier molecular flexibility index (Phi) is 5.81. The van der Waals surface area contributed by atoms with Crippen molar-refractivity contribution in [2.75, 3.05) is 20.3 Å². The van der Waals surface area contributed by atoms with Gasteiger partial charge in [-0.1, -0.05) is 18.2 Å². The number of aliphatic carboxylic acids is 1. The van der Waals surface area contributed by atoms with Gasteiger partial charge in [0, 0.05) is 5.56 Å². The maximum Gasteiger partial charge on any atom is 0.329 e. The average Bonchev–Trinajstić information content (AvgIpc) is 2.38. The highest BCUT2D eigenvalue weighted by Crippen LogP contribution is 2.23. The van der Waals surface area contributed by atoms with E-state index < -0.39 is 12.6 Å². The number of nitrogens with one attached hydrogen (secondary N) is 1. The summed E-state index contributed by atoms with van der Waals surface area (Å²) in [5.41, 5.74) is 0.844. The van der Waals surface area contributed by atoms with Gasteiger partial charge in [0.1, 0.15) is 19.0 Å². The van der Waals surface area contributed by atoms with Gasteiger partial charge in [0.05, 0.1) is 13.2 Å². The Labute approximate surface area is 111 Å². The molecule has 1 atom stereocenters. The van der Waals surface area contributed by atoms with Gasteiger partial charge in [0.2, 0.25) is 5.91 Å². The molecule has 2 N–H and O–H groups in total. The third-order valence-corrected chi connectivity index (χ3v) is 2.44. The molecule has 0 aliphatic heterocycles. The van der Waals surface area contributed by atoms with E-state index in [-0.39, 0.29) is 18.6 Å². The van der Waals surface area contributed by atoms with Crippen molar-refractivity contribution in [1.29, 1.82) is 0 Å². The topological polar surface area (TPSA) is 84.9 Å². The van der Waals surface area contributed by atoms with E-state index in [9.17, 15) is 9.59 Å². The smallest absolute Gasteiger partial charge is 0.329 e. The number of rotatable bonds is 7. The molecule has 0 unspecified atom stereocenters. The van der Waals surface area contributed by atoms with E-state index in [1.54, 1.807) is 13.2 Å². The van der Waals surface area contributed by atoms with E-state index in [2.05, 4.69) is 5.32 Å². The van der Waals surface area contributed by atoms with Crippen LogP contribution in [-0.2, 0) is 14.3 Å². The lowest BCUT2D eigenvalue weighted by Crippen LogP contribution is -2.31. The van der Waals surface area contributed by atoms with E-state index in [1.165, 1.54) is 0 Å². The standard InChI is InChI=1S/C13H17NO5/c1-9(10-5-3-4-6-11(10)18-2)14-12(15)7-19-8-13(16)17/h3-6,9H,7-8H2,1-2H3,(H,14,15)(H,16,17)/t9-/m1/s1. The van der Waals surface area contributed by atoms with Crippen molar-refractivity contribution in [2.24, 2.45) is 0 Å². The van der Waals surface area contributed by atoms with Gasteiger partial charge in [-0.3, -0.25) is 4.79 Å². The second kappa shape index (κ2) is 7.38. The van der Waals surface area contributed by atoms with Crippen LogP contribution in [0.25, 0.3) is 0 Å². The summed E-state index contributed by atoms with van der Waals surface area (Å²) in [6.45, 7) is 1.04. The number of carbonyl (C=O) groups is 2. The first kappa shape index (κ1) is 15.0. The second-order valence-corrected chi connectivity index (χ2v) is 3.92. The van der Waals surface area contributed by atoms with Crippen molar-refractivity contribution in [1.82, 2.24) is 5.32 Å². The number of ether oxygens (including phenoxy) is 2. The summed E-state index contributed by atoms with van der Waals surface area (Å²) in [5.74, 6) is -0.799. The normalized spacial score (nSPS) is 11.7. The Morgan fingerprint density at radius 2 is 2.00 bits per heavy atom. The van der Waals surface area contributed by atoms with Crippen LogP contribution >= 0.6 is 0 Å². The van der Waals surface area contributed by atoms with Crippen LogP contribution in [0, 0.1) is 0 Å². The summed E-state index contributed by atoms with van der Waals surface area (Å²) in [4.78, 5) is 21.8. The van der Waals surface area contributed by atoms with Gasteiger partial charge in [0.15, 0.2) is 0 Å². The first-order valence-electron chi connectivity index (χ1n) is 5.76. The molecule has 0 heterocycles. The lowest BCUT2D eigenvalue weighted by atomic mass is 10.1. The number of hydrogen-bond donors (Lipinski definition) is 2. The molecule has 0 radical (unpaired) electrons. The molecule has 0 bridgehead atoms. The number of methoxy groups -OCH3 is 1. The van der Waals surface area contributed by atoms with E-state index >= 15 is 0 Å². The number of benzene rings is 1. The van der Waals surface area contributed by atoms with Crippen molar-refractivity contribution in [2.45, 2.75) is 13.0 Å². The minimum Gasteiger partial charge on any atom is -0.496 e. The molecule has 19 heavy (non-hydrogen) atoms. The molecule has 0 spiro atoms. The van der Waals surface area contributed by atoms with Gasteiger partial charge in [-0.05, 0) is 13.0 Å². The van der Waals surface area contributed by atoms with Crippen LogP contribution in [0.4, 0.5) is 0 Å². The number of hydrogen-bond acceptors (Lipinski definition) is 4. The van der Waals surface area contributed by atoms with E-state index in [0.29, 0.717) is 5.75 Å². The molecule has 1 aromatic rings. The van der Waals surface area contributed by atoms with Gasteiger partial charge in [-0.15, -0.1) is 0 Å².